The number of nitrogens with one attached hydrogen (secondary N) is 1. The number of hydrogen-bond acceptors (Lipinski definition) is 5. The molecule has 0 saturated heterocycles. The van der Waals surface area contributed by atoms with Crippen LogP contribution in [-0.4, -0.2) is 38.5 Å². The van der Waals surface area contributed by atoms with E-state index in [9.17, 15) is 9.18 Å². The maximum atomic E-state index is 13.9. The van der Waals surface area contributed by atoms with Gasteiger partial charge in [0, 0.05) is 53.2 Å². The SMILES string of the molecule is [CH2]c1ccc(-c2cccc(-c3cccc(-c4cc5c(=O)n(C)c(CNCC(C)(C)F)nn5c4)c3Cl)c2Cl)nc1OC. The van der Waals surface area contributed by atoms with Gasteiger partial charge in [-0.15, -0.1) is 0 Å². The van der Waals surface area contributed by atoms with Crippen LogP contribution in [0.3, 0.4) is 0 Å². The minimum absolute atomic E-state index is 0.134. The smallest absolute Gasteiger partial charge is 0.277 e. The lowest BCUT2D eigenvalue weighted by Gasteiger charge is -2.15. The molecule has 0 aliphatic carbocycles. The van der Waals surface area contributed by atoms with Crippen LogP contribution in [0.25, 0.3) is 39.0 Å². The molecule has 0 aliphatic heterocycles. The number of methoxy groups -OCH3 is 1. The molecule has 0 amide bonds. The Morgan fingerprint density at radius 3 is 2.32 bits per heavy atom. The van der Waals surface area contributed by atoms with Gasteiger partial charge in [-0.25, -0.2) is 13.9 Å². The molecular formula is C31H29Cl2FN5O2. The van der Waals surface area contributed by atoms with Gasteiger partial charge in [0.25, 0.3) is 5.56 Å². The topological polar surface area (TPSA) is 73.5 Å². The number of halogens is 3. The summed E-state index contributed by atoms with van der Waals surface area (Å²) in [5.74, 6) is 0.907. The predicted molar refractivity (Wildman–Crippen MR) is 162 cm³/mol. The summed E-state index contributed by atoms with van der Waals surface area (Å²) in [6.07, 6.45) is 1.76. The van der Waals surface area contributed by atoms with Crippen LogP contribution in [0.1, 0.15) is 25.2 Å². The van der Waals surface area contributed by atoms with Crippen molar-refractivity contribution in [3.8, 4) is 39.4 Å². The second-order valence-electron chi connectivity index (χ2n) is 10.4. The number of rotatable bonds is 8. The molecule has 0 atom stereocenters. The summed E-state index contributed by atoms with van der Waals surface area (Å²) < 4.78 is 22.2. The van der Waals surface area contributed by atoms with E-state index in [-0.39, 0.29) is 18.6 Å². The fourth-order valence-electron chi connectivity index (χ4n) is 4.64. The molecule has 0 fully saturated rings. The maximum absolute atomic E-state index is 13.9. The normalized spacial score (nSPS) is 11.8. The molecule has 0 spiro atoms. The molecule has 3 aromatic heterocycles. The number of alkyl halides is 1. The molecule has 211 valence electrons. The van der Waals surface area contributed by atoms with E-state index in [1.165, 1.54) is 22.9 Å². The van der Waals surface area contributed by atoms with Gasteiger partial charge in [-0.1, -0.05) is 65.7 Å². The molecule has 2 aromatic carbocycles. The Hall–Kier alpha value is -3.72. The van der Waals surface area contributed by atoms with Crippen molar-refractivity contribution in [2.75, 3.05) is 13.7 Å². The Balaban J connectivity index is 1.54. The van der Waals surface area contributed by atoms with Gasteiger partial charge in [0.1, 0.15) is 17.0 Å². The predicted octanol–water partition coefficient (Wildman–Crippen LogP) is 6.76. The number of nitrogens with zero attached hydrogens (tertiary/aromatic N) is 4. The molecule has 0 saturated carbocycles. The van der Waals surface area contributed by atoms with E-state index in [0.29, 0.717) is 38.5 Å². The van der Waals surface area contributed by atoms with Crippen molar-refractivity contribution >= 4 is 28.7 Å². The summed E-state index contributed by atoms with van der Waals surface area (Å²) in [6.45, 7) is 7.29. The minimum Gasteiger partial charge on any atom is -0.481 e. The van der Waals surface area contributed by atoms with Gasteiger partial charge in [0.05, 0.1) is 29.4 Å². The van der Waals surface area contributed by atoms with Crippen LogP contribution in [0.5, 0.6) is 5.88 Å². The standard InChI is InChI=1S/C31H29Cl2FN5O2/c1-18-12-13-24(36-29(18)41-5)23-11-7-10-22(28(23)33)21-9-6-8-20(27(21)32)19-14-25-30(40)38(4)26(37-39(25)16-19)15-35-17-31(2,3)34/h6-14,16,35H,1,15,17H2,2-5H3. The van der Waals surface area contributed by atoms with E-state index in [4.69, 9.17) is 27.9 Å². The Kier molecular flexibility index (Phi) is 7.92. The highest BCUT2D eigenvalue weighted by Crippen LogP contribution is 2.42. The fourth-order valence-corrected chi connectivity index (χ4v) is 5.31. The molecule has 41 heavy (non-hydrogen) atoms. The Bertz CT molecular complexity index is 1820. The Morgan fingerprint density at radius 2 is 1.66 bits per heavy atom. The van der Waals surface area contributed by atoms with Crippen molar-refractivity contribution in [2.24, 2.45) is 7.05 Å². The summed E-state index contributed by atoms with van der Waals surface area (Å²) in [7, 11) is 3.20. The number of pyridine rings is 1. The van der Waals surface area contributed by atoms with Crippen molar-refractivity contribution in [1.29, 1.82) is 0 Å². The minimum atomic E-state index is -1.38. The largest absolute Gasteiger partial charge is 0.481 e. The lowest BCUT2D eigenvalue weighted by Crippen LogP contribution is -2.34. The van der Waals surface area contributed by atoms with Gasteiger partial charge in [-0.3, -0.25) is 9.36 Å². The first-order chi connectivity index (χ1) is 19.5. The summed E-state index contributed by atoms with van der Waals surface area (Å²) in [4.78, 5) is 17.7. The van der Waals surface area contributed by atoms with Crippen LogP contribution in [0, 0.1) is 6.92 Å². The third-order valence-electron chi connectivity index (χ3n) is 6.77. The highest BCUT2D eigenvalue weighted by Gasteiger charge is 2.19. The van der Waals surface area contributed by atoms with E-state index in [0.717, 1.165) is 27.8 Å². The third kappa shape index (κ3) is 5.73. The van der Waals surface area contributed by atoms with Crippen molar-refractivity contribution in [2.45, 2.75) is 26.1 Å². The second kappa shape index (κ2) is 11.3. The number of ether oxygens (including phenoxy) is 1. The maximum Gasteiger partial charge on any atom is 0.277 e. The van der Waals surface area contributed by atoms with Crippen molar-refractivity contribution < 1.29 is 9.13 Å². The van der Waals surface area contributed by atoms with Gasteiger partial charge >= 0.3 is 0 Å². The van der Waals surface area contributed by atoms with Gasteiger partial charge < -0.3 is 10.1 Å². The first kappa shape index (κ1) is 28.8. The monoisotopic (exact) mass is 592 g/mol. The lowest BCUT2D eigenvalue weighted by atomic mass is 9.97. The number of hydrogen-bond donors (Lipinski definition) is 1. The van der Waals surface area contributed by atoms with E-state index in [2.05, 4.69) is 22.3 Å². The van der Waals surface area contributed by atoms with Crippen LogP contribution in [0.4, 0.5) is 4.39 Å². The molecule has 10 heteroatoms. The highest BCUT2D eigenvalue weighted by atomic mass is 35.5. The average molecular weight is 594 g/mol. The zero-order chi connectivity index (χ0) is 29.5. The first-order valence-corrected chi connectivity index (χ1v) is 13.7. The molecule has 0 bridgehead atoms. The molecular weight excluding hydrogens is 564 g/mol. The molecule has 5 aromatic rings. The summed E-state index contributed by atoms with van der Waals surface area (Å²) in [5, 5.41) is 8.59. The van der Waals surface area contributed by atoms with Crippen LogP contribution in [0.2, 0.25) is 10.0 Å². The molecule has 1 radical (unpaired) electrons. The third-order valence-corrected chi connectivity index (χ3v) is 7.58. The second-order valence-corrected chi connectivity index (χ2v) is 11.1. The number of benzene rings is 2. The van der Waals surface area contributed by atoms with Gasteiger partial charge in [-0.05, 0) is 32.9 Å². The van der Waals surface area contributed by atoms with Crippen LogP contribution in [0.15, 0.2) is 65.6 Å². The molecule has 1 N–H and O–H groups in total. The van der Waals surface area contributed by atoms with Gasteiger partial charge in [0.2, 0.25) is 5.88 Å². The number of fused-ring (bicyclic) bond motifs is 1. The highest BCUT2D eigenvalue weighted by molar-refractivity contribution is 6.39. The van der Waals surface area contributed by atoms with Crippen LogP contribution in [-0.2, 0) is 13.6 Å². The molecule has 3 heterocycles. The quantitative estimate of drug-likeness (QED) is 0.215. The van der Waals surface area contributed by atoms with Crippen LogP contribution >= 0.6 is 23.2 Å². The summed E-state index contributed by atoms with van der Waals surface area (Å²) >= 11 is 13.9. The van der Waals surface area contributed by atoms with Crippen molar-refractivity contribution in [1.82, 2.24) is 24.5 Å². The number of aromatic nitrogens is 4. The molecule has 7 nitrogen and oxygen atoms in total. The first-order valence-electron chi connectivity index (χ1n) is 12.9. The van der Waals surface area contributed by atoms with Crippen LogP contribution < -0.4 is 15.6 Å². The fraction of sp³-hybridized carbons (Fsp3) is 0.226. The Morgan fingerprint density at radius 1 is 1.02 bits per heavy atom. The van der Waals surface area contributed by atoms with E-state index in [1.54, 1.807) is 26.4 Å². The van der Waals surface area contributed by atoms with Gasteiger partial charge in [0.15, 0.2) is 0 Å². The lowest BCUT2D eigenvalue weighted by molar-refractivity contribution is 0.209. The molecule has 5 rings (SSSR count). The summed E-state index contributed by atoms with van der Waals surface area (Å²) in [5.41, 5.74) is 3.75. The molecule has 0 unspecified atom stereocenters. The van der Waals surface area contributed by atoms with E-state index < -0.39 is 5.67 Å². The van der Waals surface area contributed by atoms with E-state index >= 15 is 0 Å². The van der Waals surface area contributed by atoms with Crippen molar-refractivity contribution in [3.63, 3.8) is 0 Å². The van der Waals surface area contributed by atoms with Crippen molar-refractivity contribution in [3.05, 3.63) is 99.5 Å². The Labute approximate surface area is 247 Å². The van der Waals surface area contributed by atoms with E-state index in [1.807, 2.05) is 48.5 Å². The molecule has 0 aliphatic rings. The average Bonchev–Trinajstić information content (AvgIpc) is 3.36. The summed E-state index contributed by atoms with van der Waals surface area (Å²) in [6, 6.07) is 16.8. The zero-order valence-corrected chi connectivity index (χ0v) is 24.6. The van der Waals surface area contributed by atoms with Gasteiger partial charge in [-0.2, -0.15) is 5.10 Å². The zero-order valence-electron chi connectivity index (χ0n) is 23.1.